The number of methoxy groups -OCH3 is 1. The lowest BCUT2D eigenvalue weighted by atomic mass is 9.99. The molecule has 3 heterocycles. The highest BCUT2D eigenvalue weighted by molar-refractivity contribution is 5.91. The van der Waals surface area contributed by atoms with Gasteiger partial charge in [-0.1, -0.05) is 12.1 Å². The number of benzene rings is 2. The molecule has 42 heavy (non-hydrogen) atoms. The Bertz CT molecular complexity index is 1470. The van der Waals surface area contributed by atoms with Crippen molar-refractivity contribution in [2.75, 3.05) is 26.9 Å². The number of phenols is 2. The van der Waals surface area contributed by atoms with Crippen LogP contribution in [-0.2, 0) is 14.2 Å². The molecule has 8 atom stereocenters. The standard InChI is InChI=1S/C27H30O15/c1-37-23-15(6-14-17(20(23)32)18(30)13(7-38-14)11-2-4-12(29)5-3-11)41-25-22(34)21(33)19(31)16(42-25)8-39-26-24(35)27(36,9-28)10-40-26/h2-7,16,19,21-22,24-26,28-29,31-36H,8-10H2,1H3/t16-,19+,21+,22-,24-,25-,26-,27+/m1/s1. The Morgan fingerprint density at radius 3 is 2.38 bits per heavy atom. The van der Waals surface area contributed by atoms with Crippen LogP contribution in [0, 0.1) is 0 Å². The molecule has 8 N–H and O–H groups in total. The van der Waals surface area contributed by atoms with E-state index in [0.29, 0.717) is 5.56 Å². The van der Waals surface area contributed by atoms with Crippen LogP contribution < -0.4 is 14.9 Å². The predicted molar refractivity (Wildman–Crippen MR) is 139 cm³/mol. The molecule has 2 aromatic carbocycles. The summed E-state index contributed by atoms with van der Waals surface area (Å²) in [4.78, 5) is 13.3. The summed E-state index contributed by atoms with van der Waals surface area (Å²) in [5.41, 5.74) is -2.18. The summed E-state index contributed by atoms with van der Waals surface area (Å²) < 4.78 is 32.7. The average Bonchev–Trinajstić information content (AvgIpc) is 3.27. The van der Waals surface area contributed by atoms with E-state index in [0.717, 1.165) is 6.26 Å². The molecule has 2 saturated heterocycles. The zero-order chi connectivity index (χ0) is 30.3. The molecule has 2 aliphatic heterocycles. The fourth-order valence-electron chi connectivity index (χ4n) is 4.75. The number of aromatic hydroxyl groups is 2. The quantitative estimate of drug-likeness (QED) is 0.148. The molecule has 0 saturated carbocycles. The summed E-state index contributed by atoms with van der Waals surface area (Å²) in [6.45, 7) is -1.73. The highest BCUT2D eigenvalue weighted by Gasteiger charge is 2.50. The summed E-state index contributed by atoms with van der Waals surface area (Å²) in [6, 6.07) is 6.95. The lowest BCUT2D eigenvalue weighted by molar-refractivity contribution is -0.289. The Morgan fingerprint density at radius 1 is 1.02 bits per heavy atom. The van der Waals surface area contributed by atoms with E-state index in [1.807, 2.05) is 0 Å². The van der Waals surface area contributed by atoms with Crippen molar-refractivity contribution in [2.45, 2.75) is 48.7 Å². The van der Waals surface area contributed by atoms with Gasteiger partial charge in [0.15, 0.2) is 17.8 Å². The zero-order valence-corrected chi connectivity index (χ0v) is 22.1. The van der Waals surface area contributed by atoms with Crippen molar-refractivity contribution in [1.29, 1.82) is 0 Å². The van der Waals surface area contributed by atoms with E-state index in [4.69, 9.17) is 28.1 Å². The number of hydrogen-bond acceptors (Lipinski definition) is 15. The van der Waals surface area contributed by atoms with Crippen LogP contribution in [0.15, 0.2) is 45.8 Å². The lowest BCUT2D eigenvalue weighted by Gasteiger charge is -2.40. The SMILES string of the molecule is COc1c(O[C@@H]2O[C@H](CO[C@@H]3OC[C@@](O)(CO)[C@@H]3O)[C@H](O)[C@H](O)[C@H]2O)cc2occ(-c3ccc(O)cc3)c(=O)c2c1O. The van der Waals surface area contributed by atoms with E-state index in [-0.39, 0.29) is 33.8 Å². The average molecular weight is 595 g/mol. The molecule has 5 rings (SSSR count). The smallest absolute Gasteiger partial charge is 0.229 e. The van der Waals surface area contributed by atoms with Crippen molar-refractivity contribution < 1.29 is 69.0 Å². The molecule has 228 valence electrons. The number of aliphatic hydroxyl groups excluding tert-OH is 5. The van der Waals surface area contributed by atoms with Gasteiger partial charge in [0.2, 0.25) is 17.5 Å². The first kappa shape index (κ1) is 30.0. The van der Waals surface area contributed by atoms with Crippen LogP contribution in [0.1, 0.15) is 0 Å². The maximum Gasteiger partial charge on any atom is 0.229 e. The van der Waals surface area contributed by atoms with Gasteiger partial charge >= 0.3 is 0 Å². The van der Waals surface area contributed by atoms with Crippen LogP contribution in [0.25, 0.3) is 22.1 Å². The molecule has 15 heteroatoms. The number of ether oxygens (including phenoxy) is 5. The highest BCUT2D eigenvalue weighted by Crippen LogP contribution is 2.43. The summed E-state index contributed by atoms with van der Waals surface area (Å²) in [5, 5.41) is 81.3. The maximum absolute atomic E-state index is 13.3. The van der Waals surface area contributed by atoms with Gasteiger partial charge in [-0.25, -0.2) is 0 Å². The van der Waals surface area contributed by atoms with Crippen molar-refractivity contribution in [1.82, 2.24) is 0 Å². The third kappa shape index (κ3) is 5.26. The van der Waals surface area contributed by atoms with Crippen molar-refractivity contribution in [2.24, 2.45) is 0 Å². The van der Waals surface area contributed by atoms with Crippen molar-refractivity contribution in [3.8, 4) is 34.1 Å². The maximum atomic E-state index is 13.3. The van der Waals surface area contributed by atoms with Gasteiger partial charge in [-0.15, -0.1) is 0 Å². The third-order valence-corrected chi connectivity index (χ3v) is 7.26. The number of phenolic OH excluding ortho intramolecular Hbond substituents is 2. The van der Waals surface area contributed by atoms with Gasteiger partial charge in [-0.3, -0.25) is 4.79 Å². The molecule has 3 aromatic rings. The molecule has 0 aliphatic carbocycles. The van der Waals surface area contributed by atoms with Crippen LogP contribution in [0.2, 0.25) is 0 Å². The lowest BCUT2D eigenvalue weighted by Crippen LogP contribution is -2.60. The Labute approximate surface area is 236 Å². The molecule has 2 fully saturated rings. The first-order valence-electron chi connectivity index (χ1n) is 12.7. The summed E-state index contributed by atoms with van der Waals surface area (Å²) in [6.07, 6.45) is -10.2. The number of fused-ring (bicyclic) bond motifs is 1. The minimum Gasteiger partial charge on any atom is -0.508 e. The second kappa shape index (κ2) is 11.6. The molecular formula is C27H30O15. The van der Waals surface area contributed by atoms with E-state index in [2.05, 4.69) is 0 Å². The minimum atomic E-state index is -1.95. The molecule has 0 spiro atoms. The van der Waals surface area contributed by atoms with E-state index < -0.39 is 79.7 Å². The molecule has 2 aliphatic rings. The minimum absolute atomic E-state index is 0.00728. The van der Waals surface area contributed by atoms with E-state index in [1.54, 1.807) is 0 Å². The molecule has 0 unspecified atom stereocenters. The van der Waals surface area contributed by atoms with Crippen LogP contribution >= 0.6 is 0 Å². The van der Waals surface area contributed by atoms with Crippen LogP contribution in [-0.4, -0.2) is 116 Å². The zero-order valence-electron chi connectivity index (χ0n) is 22.1. The van der Waals surface area contributed by atoms with E-state index >= 15 is 0 Å². The Hall–Kier alpha value is -3.51. The second-order valence-corrected chi connectivity index (χ2v) is 10.0. The molecule has 0 radical (unpaired) electrons. The normalized spacial score (nSPS) is 31.4. The Balaban J connectivity index is 1.40. The fourth-order valence-corrected chi connectivity index (χ4v) is 4.75. The van der Waals surface area contributed by atoms with Gasteiger partial charge in [-0.05, 0) is 17.7 Å². The van der Waals surface area contributed by atoms with Crippen molar-refractivity contribution in [3.05, 3.63) is 46.8 Å². The molecule has 15 nitrogen and oxygen atoms in total. The molecule has 1 aromatic heterocycles. The number of hydrogen-bond donors (Lipinski definition) is 8. The molecular weight excluding hydrogens is 564 g/mol. The van der Waals surface area contributed by atoms with E-state index in [1.165, 1.54) is 37.4 Å². The number of rotatable bonds is 8. The first-order valence-corrected chi connectivity index (χ1v) is 12.7. The first-order chi connectivity index (χ1) is 20.0. The van der Waals surface area contributed by atoms with Gasteiger partial charge in [0, 0.05) is 6.07 Å². The summed E-state index contributed by atoms with van der Waals surface area (Å²) >= 11 is 0. The van der Waals surface area contributed by atoms with Crippen LogP contribution in [0.5, 0.6) is 23.0 Å². The fraction of sp³-hybridized carbons (Fsp3) is 0.444. The summed E-state index contributed by atoms with van der Waals surface area (Å²) in [5.74, 6) is -1.23. The largest absolute Gasteiger partial charge is 0.508 e. The van der Waals surface area contributed by atoms with E-state index in [9.17, 15) is 45.6 Å². The van der Waals surface area contributed by atoms with Gasteiger partial charge < -0.3 is 69.0 Å². The monoisotopic (exact) mass is 594 g/mol. The summed E-state index contributed by atoms with van der Waals surface area (Å²) in [7, 11) is 1.19. The topological polar surface area (TPSA) is 238 Å². The van der Waals surface area contributed by atoms with Gasteiger partial charge in [-0.2, -0.15) is 0 Å². The van der Waals surface area contributed by atoms with Crippen LogP contribution in [0.3, 0.4) is 0 Å². The molecule has 0 bridgehead atoms. The number of aliphatic hydroxyl groups is 6. The van der Waals surface area contributed by atoms with Gasteiger partial charge in [0.1, 0.15) is 59.1 Å². The van der Waals surface area contributed by atoms with Crippen molar-refractivity contribution >= 4 is 11.0 Å². The highest BCUT2D eigenvalue weighted by atomic mass is 16.7. The predicted octanol–water partition coefficient (Wildman–Crippen LogP) is -1.48. The second-order valence-electron chi connectivity index (χ2n) is 10.0. The third-order valence-electron chi connectivity index (χ3n) is 7.26. The van der Waals surface area contributed by atoms with Gasteiger partial charge in [0.25, 0.3) is 0 Å². The molecule has 0 amide bonds. The van der Waals surface area contributed by atoms with Crippen LogP contribution in [0.4, 0.5) is 0 Å². The Kier molecular flexibility index (Phi) is 8.30. The van der Waals surface area contributed by atoms with Gasteiger partial charge in [0.05, 0.1) is 32.5 Å². The van der Waals surface area contributed by atoms with Crippen molar-refractivity contribution in [3.63, 3.8) is 0 Å². The Morgan fingerprint density at radius 2 is 1.74 bits per heavy atom.